The minimum atomic E-state index is -4.62. The van der Waals surface area contributed by atoms with Crippen LogP contribution in [0.5, 0.6) is 0 Å². The van der Waals surface area contributed by atoms with E-state index in [4.69, 9.17) is 5.73 Å². The van der Waals surface area contributed by atoms with Crippen molar-refractivity contribution < 1.29 is 22.0 Å². The smallest absolute Gasteiger partial charge is 0.354 e. The molecule has 1 aromatic heterocycles. The molecule has 0 saturated carbocycles. The van der Waals surface area contributed by atoms with Gasteiger partial charge in [0.25, 0.3) is 5.92 Å². The minimum Gasteiger partial charge on any atom is -0.354 e. The van der Waals surface area contributed by atoms with Crippen LogP contribution in [0, 0.1) is 0 Å². The highest BCUT2D eigenvalue weighted by Crippen LogP contribution is 2.33. The molecule has 0 atom stereocenters. The van der Waals surface area contributed by atoms with E-state index < -0.39 is 30.2 Å². The number of hydrogen-bond donors (Lipinski definition) is 2. The highest BCUT2D eigenvalue weighted by Gasteiger charge is 2.36. The Hall–Kier alpha value is -1.03. The van der Waals surface area contributed by atoms with Crippen LogP contribution in [0.15, 0.2) is 0 Å². The molecule has 0 bridgehead atoms. The van der Waals surface area contributed by atoms with E-state index in [1.165, 1.54) is 0 Å². The molecule has 0 aromatic carbocycles. The van der Waals surface area contributed by atoms with Crippen LogP contribution in [0.4, 0.5) is 27.1 Å². The maximum absolute atomic E-state index is 12.6. The molecule has 0 saturated heterocycles. The number of nitrogens with one attached hydrogen (secondary N) is 1. The van der Waals surface area contributed by atoms with Crippen LogP contribution in [-0.2, 0) is 6.18 Å². The van der Waals surface area contributed by atoms with Gasteiger partial charge in [0.15, 0.2) is 0 Å². The standard InChI is InChI=1S/C6H7F5N4S/c7-5(8,1-12)2-13-4-15-14-3(16-4)6(9,10)11/h1-2,12H2,(H,13,15). The first-order valence-corrected chi connectivity index (χ1v) is 4.79. The second-order valence-corrected chi connectivity index (χ2v) is 3.80. The third kappa shape index (κ3) is 3.52. The normalized spacial score (nSPS) is 12.9. The summed E-state index contributed by atoms with van der Waals surface area (Å²) in [6, 6.07) is 0. The number of rotatable bonds is 4. The summed E-state index contributed by atoms with van der Waals surface area (Å²) in [6.07, 6.45) is -4.62. The number of halogens is 5. The molecule has 1 rings (SSSR count). The number of nitrogens with two attached hydrogens (primary N) is 1. The van der Waals surface area contributed by atoms with Gasteiger partial charge >= 0.3 is 6.18 Å². The monoisotopic (exact) mass is 262 g/mol. The molecule has 16 heavy (non-hydrogen) atoms. The fraction of sp³-hybridized carbons (Fsp3) is 0.667. The Bertz CT molecular complexity index is 349. The Kier molecular flexibility index (Phi) is 3.63. The van der Waals surface area contributed by atoms with Crippen LogP contribution in [-0.4, -0.2) is 29.2 Å². The van der Waals surface area contributed by atoms with Crippen molar-refractivity contribution in [3.05, 3.63) is 5.01 Å². The van der Waals surface area contributed by atoms with Gasteiger partial charge in [-0.1, -0.05) is 11.3 Å². The second kappa shape index (κ2) is 4.45. The largest absolute Gasteiger partial charge is 0.445 e. The Labute approximate surface area is 90.7 Å². The number of anilines is 1. The summed E-state index contributed by atoms with van der Waals surface area (Å²) in [5.74, 6) is -3.19. The lowest BCUT2D eigenvalue weighted by atomic mass is 10.3. The first-order valence-electron chi connectivity index (χ1n) is 3.97. The highest BCUT2D eigenvalue weighted by atomic mass is 32.1. The Morgan fingerprint density at radius 1 is 1.19 bits per heavy atom. The van der Waals surface area contributed by atoms with Crippen molar-refractivity contribution in [3.8, 4) is 0 Å². The zero-order valence-corrected chi connectivity index (χ0v) is 8.50. The molecule has 0 aliphatic carbocycles. The maximum atomic E-state index is 12.6. The van der Waals surface area contributed by atoms with Crippen LogP contribution >= 0.6 is 11.3 Å². The van der Waals surface area contributed by atoms with Gasteiger partial charge in [0, 0.05) is 0 Å². The molecule has 92 valence electrons. The van der Waals surface area contributed by atoms with Gasteiger partial charge in [-0.25, -0.2) is 8.78 Å². The molecule has 0 fully saturated rings. The molecule has 0 radical (unpaired) electrons. The van der Waals surface area contributed by atoms with Gasteiger partial charge in [0.2, 0.25) is 10.1 Å². The molecule has 0 aliphatic heterocycles. The number of nitrogens with zero attached hydrogens (tertiary/aromatic N) is 2. The van der Waals surface area contributed by atoms with E-state index in [1.807, 2.05) is 5.32 Å². The second-order valence-electron chi connectivity index (χ2n) is 2.82. The molecule has 1 aromatic rings. The molecule has 0 aliphatic rings. The lowest BCUT2D eigenvalue weighted by Crippen LogP contribution is -2.35. The predicted molar refractivity (Wildman–Crippen MR) is 47.4 cm³/mol. The van der Waals surface area contributed by atoms with E-state index in [0.717, 1.165) is 0 Å². The average Bonchev–Trinajstić information content (AvgIpc) is 2.63. The van der Waals surface area contributed by atoms with Gasteiger partial charge in [-0.2, -0.15) is 13.2 Å². The number of hydrogen-bond acceptors (Lipinski definition) is 5. The van der Waals surface area contributed by atoms with Crippen molar-refractivity contribution in [1.82, 2.24) is 10.2 Å². The van der Waals surface area contributed by atoms with Gasteiger partial charge in [-0.15, -0.1) is 10.2 Å². The van der Waals surface area contributed by atoms with Crippen LogP contribution in [0.3, 0.4) is 0 Å². The molecule has 0 unspecified atom stereocenters. The Morgan fingerprint density at radius 3 is 2.25 bits per heavy atom. The summed E-state index contributed by atoms with van der Waals surface area (Å²) in [5, 5.41) is 6.44. The molecular formula is C6H7F5N4S. The molecule has 4 nitrogen and oxygen atoms in total. The van der Waals surface area contributed by atoms with E-state index in [1.54, 1.807) is 0 Å². The third-order valence-corrected chi connectivity index (χ3v) is 2.39. The topological polar surface area (TPSA) is 63.8 Å². The first-order chi connectivity index (χ1) is 7.24. The zero-order valence-electron chi connectivity index (χ0n) is 7.68. The molecule has 10 heteroatoms. The van der Waals surface area contributed by atoms with E-state index in [-0.39, 0.29) is 16.5 Å². The van der Waals surface area contributed by atoms with Gasteiger partial charge in [-0.3, -0.25) is 0 Å². The van der Waals surface area contributed by atoms with E-state index in [9.17, 15) is 22.0 Å². The SMILES string of the molecule is NCC(F)(F)CNc1nnc(C(F)(F)F)s1. The summed E-state index contributed by atoms with van der Waals surface area (Å²) >= 11 is 0.159. The van der Waals surface area contributed by atoms with Crippen molar-refractivity contribution in [2.24, 2.45) is 5.73 Å². The van der Waals surface area contributed by atoms with Crippen LogP contribution in [0.2, 0.25) is 0 Å². The van der Waals surface area contributed by atoms with Crippen molar-refractivity contribution in [2.45, 2.75) is 12.1 Å². The molecule has 1 heterocycles. The maximum Gasteiger partial charge on any atom is 0.445 e. The van der Waals surface area contributed by atoms with Crippen molar-refractivity contribution in [3.63, 3.8) is 0 Å². The Balaban J connectivity index is 2.60. The van der Waals surface area contributed by atoms with Gasteiger partial charge in [0.1, 0.15) is 0 Å². The van der Waals surface area contributed by atoms with Crippen molar-refractivity contribution >= 4 is 16.5 Å². The summed E-state index contributed by atoms with van der Waals surface area (Å²) in [7, 11) is 0. The number of alkyl halides is 5. The quantitative estimate of drug-likeness (QED) is 0.808. The van der Waals surface area contributed by atoms with Crippen molar-refractivity contribution in [1.29, 1.82) is 0 Å². The van der Waals surface area contributed by atoms with Crippen LogP contribution in [0.1, 0.15) is 5.01 Å². The molecular weight excluding hydrogens is 255 g/mol. The lowest BCUT2D eigenvalue weighted by Gasteiger charge is -2.13. The van der Waals surface area contributed by atoms with E-state index >= 15 is 0 Å². The van der Waals surface area contributed by atoms with Crippen LogP contribution in [0.25, 0.3) is 0 Å². The summed E-state index contributed by atoms with van der Waals surface area (Å²) in [5.41, 5.74) is 4.74. The number of aromatic nitrogens is 2. The van der Waals surface area contributed by atoms with E-state index in [2.05, 4.69) is 10.2 Å². The van der Waals surface area contributed by atoms with Gasteiger partial charge in [-0.05, 0) is 0 Å². The predicted octanol–water partition coefficient (Wildman–Crippen LogP) is 1.56. The fourth-order valence-corrected chi connectivity index (χ4v) is 1.29. The van der Waals surface area contributed by atoms with Crippen LogP contribution < -0.4 is 11.1 Å². The Morgan fingerprint density at radius 2 is 1.81 bits per heavy atom. The lowest BCUT2D eigenvalue weighted by molar-refractivity contribution is -0.138. The van der Waals surface area contributed by atoms with Gasteiger partial charge < -0.3 is 11.1 Å². The summed E-state index contributed by atoms with van der Waals surface area (Å²) in [6.45, 7) is -1.78. The summed E-state index contributed by atoms with van der Waals surface area (Å²) in [4.78, 5) is 0. The summed E-state index contributed by atoms with van der Waals surface area (Å²) < 4.78 is 61.4. The van der Waals surface area contributed by atoms with Gasteiger partial charge in [0.05, 0.1) is 13.1 Å². The third-order valence-electron chi connectivity index (χ3n) is 1.46. The first kappa shape index (κ1) is 13.0. The molecule has 3 N–H and O–H groups in total. The molecule has 0 spiro atoms. The van der Waals surface area contributed by atoms with E-state index in [0.29, 0.717) is 0 Å². The minimum absolute atomic E-state index is 0.159. The highest BCUT2D eigenvalue weighted by molar-refractivity contribution is 7.15. The van der Waals surface area contributed by atoms with Crippen molar-refractivity contribution in [2.75, 3.05) is 18.4 Å². The zero-order chi connectivity index (χ0) is 12.4. The fourth-order valence-electron chi connectivity index (χ4n) is 0.686. The average molecular weight is 262 g/mol. The molecule has 0 amide bonds.